The lowest BCUT2D eigenvalue weighted by atomic mass is 9.86. The molecule has 0 bridgehead atoms. The minimum Gasteiger partial charge on any atom is -0.439 e. The smallest absolute Gasteiger partial charge is 0.226 e. The molecule has 1 saturated carbocycles. The number of anilines is 1. The fraction of sp³-hybridized carbons (Fsp3) is 0.444. The van der Waals surface area contributed by atoms with Gasteiger partial charge in [0.05, 0.1) is 0 Å². The predicted molar refractivity (Wildman–Crippen MR) is 91.7 cm³/mol. The summed E-state index contributed by atoms with van der Waals surface area (Å²) in [6.45, 7) is 2.84. The quantitative estimate of drug-likeness (QED) is 0.884. The fourth-order valence-corrected chi connectivity index (χ4v) is 2.91. The summed E-state index contributed by atoms with van der Waals surface area (Å²) in [5.41, 5.74) is 6.84. The summed E-state index contributed by atoms with van der Waals surface area (Å²) >= 11 is 0. The Morgan fingerprint density at radius 1 is 1.13 bits per heavy atom. The van der Waals surface area contributed by atoms with Crippen LogP contribution in [0.25, 0.3) is 0 Å². The second kappa shape index (κ2) is 7.42. The molecule has 5 heteroatoms. The first-order valence-corrected chi connectivity index (χ1v) is 8.27. The van der Waals surface area contributed by atoms with E-state index in [9.17, 15) is 0 Å². The summed E-state index contributed by atoms with van der Waals surface area (Å²) in [7, 11) is 0. The van der Waals surface area contributed by atoms with Crippen molar-refractivity contribution in [2.75, 3.05) is 11.9 Å². The first-order valence-electron chi connectivity index (χ1n) is 8.27. The van der Waals surface area contributed by atoms with Gasteiger partial charge in [0.25, 0.3) is 0 Å². The summed E-state index contributed by atoms with van der Waals surface area (Å²) < 4.78 is 5.80. The van der Waals surface area contributed by atoms with Gasteiger partial charge in [0, 0.05) is 24.3 Å². The molecule has 3 rings (SSSR count). The summed E-state index contributed by atoms with van der Waals surface area (Å²) in [4.78, 5) is 8.91. The molecule has 1 aromatic carbocycles. The van der Waals surface area contributed by atoms with Crippen LogP contribution in [0, 0.1) is 12.8 Å². The molecule has 1 aliphatic rings. The lowest BCUT2D eigenvalue weighted by Crippen LogP contribution is -2.29. The highest BCUT2D eigenvalue weighted by Crippen LogP contribution is 2.24. The van der Waals surface area contributed by atoms with Gasteiger partial charge in [-0.3, -0.25) is 0 Å². The third-order valence-corrected chi connectivity index (χ3v) is 4.24. The number of ether oxygens (including phenoxy) is 1. The molecular formula is C18H24N4O. The van der Waals surface area contributed by atoms with E-state index in [1.165, 1.54) is 12.8 Å². The Bertz CT molecular complexity index is 624. The van der Waals surface area contributed by atoms with Crippen LogP contribution in [0.2, 0.25) is 0 Å². The van der Waals surface area contributed by atoms with Gasteiger partial charge in [-0.2, -0.15) is 4.98 Å². The molecule has 3 N–H and O–H groups in total. The highest BCUT2D eigenvalue weighted by atomic mass is 16.5. The normalized spacial score (nSPS) is 21.0. The zero-order chi connectivity index (χ0) is 16.1. The van der Waals surface area contributed by atoms with Gasteiger partial charge in [0.2, 0.25) is 11.8 Å². The van der Waals surface area contributed by atoms with E-state index in [2.05, 4.69) is 15.3 Å². The van der Waals surface area contributed by atoms with Crippen molar-refractivity contribution in [2.24, 2.45) is 11.7 Å². The molecule has 1 fully saturated rings. The van der Waals surface area contributed by atoms with Gasteiger partial charge in [-0.05, 0) is 50.7 Å². The third-order valence-electron chi connectivity index (χ3n) is 4.24. The molecule has 0 aliphatic heterocycles. The van der Waals surface area contributed by atoms with Crippen LogP contribution in [0.15, 0.2) is 36.4 Å². The third kappa shape index (κ3) is 4.66. The SMILES string of the molecule is Cc1cc(Oc2ccccc2)nc(NC[C@H]2CC[C@H](N)CC2)n1. The molecule has 0 saturated heterocycles. The van der Waals surface area contributed by atoms with Crippen LogP contribution in [0.4, 0.5) is 5.95 Å². The summed E-state index contributed by atoms with van der Waals surface area (Å²) in [5.74, 6) is 2.62. The zero-order valence-electron chi connectivity index (χ0n) is 13.5. The first-order chi connectivity index (χ1) is 11.2. The molecule has 0 atom stereocenters. The van der Waals surface area contributed by atoms with Crippen molar-refractivity contribution in [3.8, 4) is 11.6 Å². The monoisotopic (exact) mass is 312 g/mol. The molecule has 1 heterocycles. The van der Waals surface area contributed by atoms with Gasteiger partial charge in [0.1, 0.15) is 5.75 Å². The van der Waals surface area contributed by atoms with E-state index in [-0.39, 0.29) is 0 Å². The Morgan fingerprint density at radius 3 is 2.61 bits per heavy atom. The second-order valence-corrected chi connectivity index (χ2v) is 6.25. The summed E-state index contributed by atoms with van der Waals surface area (Å²) in [5, 5.41) is 3.35. The average Bonchev–Trinajstić information content (AvgIpc) is 2.55. The van der Waals surface area contributed by atoms with Crippen LogP contribution in [0.3, 0.4) is 0 Å². The summed E-state index contributed by atoms with van der Waals surface area (Å²) in [6, 6.07) is 11.9. The van der Waals surface area contributed by atoms with Crippen LogP contribution >= 0.6 is 0 Å². The number of aromatic nitrogens is 2. The molecule has 0 radical (unpaired) electrons. The minimum atomic E-state index is 0.382. The summed E-state index contributed by atoms with van der Waals surface area (Å²) in [6.07, 6.45) is 4.58. The number of nitrogens with one attached hydrogen (secondary N) is 1. The van der Waals surface area contributed by atoms with Crippen molar-refractivity contribution >= 4 is 5.95 Å². The van der Waals surface area contributed by atoms with Crippen molar-refractivity contribution in [3.63, 3.8) is 0 Å². The Kier molecular flexibility index (Phi) is 5.08. The number of hydrogen-bond donors (Lipinski definition) is 2. The number of aryl methyl sites for hydroxylation is 1. The molecule has 1 aliphatic carbocycles. The van der Waals surface area contributed by atoms with Crippen molar-refractivity contribution in [3.05, 3.63) is 42.1 Å². The van der Waals surface area contributed by atoms with Crippen LogP contribution in [-0.4, -0.2) is 22.6 Å². The van der Waals surface area contributed by atoms with E-state index in [1.54, 1.807) is 0 Å². The maximum Gasteiger partial charge on any atom is 0.226 e. The topological polar surface area (TPSA) is 73.1 Å². The number of para-hydroxylation sites is 1. The van der Waals surface area contributed by atoms with Gasteiger partial charge < -0.3 is 15.8 Å². The van der Waals surface area contributed by atoms with Gasteiger partial charge in [0.15, 0.2) is 0 Å². The minimum absolute atomic E-state index is 0.382. The average molecular weight is 312 g/mol. The van der Waals surface area contributed by atoms with Crippen molar-refractivity contribution < 1.29 is 4.74 Å². The molecule has 2 aromatic rings. The Morgan fingerprint density at radius 2 is 1.87 bits per heavy atom. The van der Waals surface area contributed by atoms with E-state index in [0.717, 1.165) is 30.8 Å². The van der Waals surface area contributed by atoms with Gasteiger partial charge in [-0.15, -0.1) is 0 Å². The van der Waals surface area contributed by atoms with Gasteiger partial charge >= 0.3 is 0 Å². The van der Waals surface area contributed by atoms with Gasteiger partial charge in [-0.25, -0.2) is 4.98 Å². The maximum atomic E-state index is 5.96. The standard InChI is InChI=1S/C18H24N4O/c1-13-11-17(23-16-5-3-2-4-6-16)22-18(21-13)20-12-14-7-9-15(19)10-8-14/h2-6,11,14-15H,7-10,12,19H2,1H3,(H,20,21,22)/t14-,15-. The van der Waals surface area contributed by atoms with Crippen molar-refractivity contribution in [1.82, 2.24) is 9.97 Å². The lowest BCUT2D eigenvalue weighted by Gasteiger charge is -2.26. The van der Waals surface area contributed by atoms with E-state index >= 15 is 0 Å². The number of nitrogens with two attached hydrogens (primary N) is 1. The van der Waals surface area contributed by atoms with Crippen LogP contribution in [0.5, 0.6) is 11.6 Å². The van der Waals surface area contributed by atoms with Crippen LogP contribution in [0.1, 0.15) is 31.4 Å². The highest BCUT2D eigenvalue weighted by molar-refractivity contribution is 5.33. The fourth-order valence-electron chi connectivity index (χ4n) is 2.91. The predicted octanol–water partition coefficient (Wildman–Crippen LogP) is 3.51. The molecule has 23 heavy (non-hydrogen) atoms. The molecule has 0 unspecified atom stereocenters. The Hall–Kier alpha value is -2.14. The molecule has 5 nitrogen and oxygen atoms in total. The molecule has 0 spiro atoms. The van der Waals surface area contributed by atoms with Crippen LogP contribution in [-0.2, 0) is 0 Å². The van der Waals surface area contributed by atoms with E-state index in [4.69, 9.17) is 10.5 Å². The molecule has 0 amide bonds. The first kappa shape index (κ1) is 15.7. The van der Waals surface area contributed by atoms with Crippen LogP contribution < -0.4 is 15.8 Å². The highest BCUT2D eigenvalue weighted by Gasteiger charge is 2.18. The maximum absolute atomic E-state index is 5.96. The Balaban J connectivity index is 1.61. The van der Waals surface area contributed by atoms with E-state index in [0.29, 0.717) is 23.8 Å². The molecular weight excluding hydrogens is 288 g/mol. The number of hydrogen-bond acceptors (Lipinski definition) is 5. The Labute approximate surface area is 137 Å². The number of benzene rings is 1. The second-order valence-electron chi connectivity index (χ2n) is 6.25. The largest absolute Gasteiger partial charge is 0.439 e. The molecule has 122 valence electrons. The lowest BCUT2D eigenvalue weighted by molar-refractivity contribution is 0.338. The van der Waals surface area contributed by atoms with E-state index in [1.807, 2.05) is 43.3 Å². The van der Waals surface area contributed by atoms with E-state index < -0.39 is 0 Å². The van der Waals surface area contributed by atoms with Gasteiger partial charge in [-0.1, -0.05) is 18.2 Å². The van der Waals surface area contributed by atoms with Crippen molar-refractivity contribution in [1.29, 1.82) is 0 Å². The van der Waals surface area contributed by atoms with Crippen molar-refractivity contribution in [2.45, 2.75) is 38.6 Å². The zero-order valence-corrected chi connectivity index (χ0v) is 13.5. The molecule has 1 aromatic heterocycles. The number of nitrogens with zero attached hydrogens (tertiary/aromatic N) is 2. The number of rotatable bonds is 5.